The van der Waals surface area contributed by atoms with Crippen molar-refractivity contribution in [2.45, 2.75) is 12.3 Å². The van der Waals surface area contributed by atoms with Gasteiger partial charge in [0.25, 0.3) is 0 Å². The number of fused-ring (bicyclic) bond motifs is 4. The topological polar surface area (TPSA) is 135 Å². The van der Waals surface area contributed by atoms with Gasteiger partial charge in [0, 0.05) is 21.8 Å². The molecule has 3 heterocycles. The summed E-state index contributed by atoms with van der Waals surface area (Å²) in [5, 5.41) is 12.9. The second kappa shape index (κ2) is 8.55. The van der Waals surface area contributed by atoms with Crippen LogP contribution in [-0.4, -0.2) is 31.4 Å². The zero-order valence-electron chi connectivity index (χ0n) is 19.3. The number of rotatable bonds is 4. The number of benzene rings is 2. The first-order valence-electron chi connectivity index (χ1n) is 10.9. The number of nitrogens with two attached hydrogens (primary N) is 1. The molecule has 1 unspecified atom stereocenters. The van der Waals surface area contributed by atoms with Crippen LogP contribution in [0.1, 0.15) is 25.7 Å². The van der Waals surface area contributed by atoms with Gasteiger partial charge in [-0.2, -0.15) is 5.26 Å². The van der Waals surface area contributed by atoms with Crippen LogP contribution in [0.2, 0.25) is 0 Å². The average Bonchev–Trinajstić information content (AvgIpc) is 3.32. The molecule has 9 nitrogen and oxygen atoms in total. The smallest absolute Gasteiger partial charge is 0.342 e. The predicted octanol–water partition coefficient (Wildman–Crippen LogP) is 3.20. The third-order valence-corrected chi connectivity index (χ3v) is 7.45. The Labute approximate surface area is 210 Å². The van der Waals surface area contributed by atoms with Gasteiger partial charge in [-0.25, -0.2) is 4.79 Å². The quantitative estimate of drug-likeness (QED) is 0.525. The van der Waals surface area contributed by atoms with Gasteiger partial charge in [0.2, 0.25) is 17.7 Å². The molecule has 0 fully saturated rings. The summed E-state index contributed by atoms with van der Waals surface area (Å²) in [4.78, 5) is 42.1. The van der Waals surface area contributed by atoms with Crippen LogP contribution in [0, 0.1) is 18.3 Å². The number of aryl methyl sites for hydroxylation is 1. The van der Waals surface area contributed by atoms with E-state index in [1.807, 2.05) is 6.07 Å². The van der Waals surface area contributed by atoms with Crippen molar-refractivity contribution in [2.24, 2.45) is 5.73 Å². The Bertz CT molecular complexity index is 1500. The minimum Gasteiger partial charge on any atom is -0.465 e. The standard InChI is InChI=1S/C26H20N4O5S/c1-14-20(24(32)34-2)21-22(36-14)26(17(12-27)23(28)35-21)16-10-6-7-11-18(16)30(25(26)33)13-19(31)29-15-8-4-3-5-9-15/h3-11H,13,28H2,1-2H3,(H,29,31). The van der Waals surface area contributed by atoms with Crippen LogP contribution in [0.4, 0.5) is 11.4 Å². The number of nitrogens with one attached hydrogen (secondary N) is 1. The predicted molar refractivity (Wildman–Crippen MR) is 132 cm³/mol. The number of carbonyl (C=O) groups excluding carboxylic acids is 3. The molecule has 36 heavy (non-hydrogen) atoms. The van der Waals surface area contributed by atoms with Crippen molar-refractivity contribution in [3.63, 3.8) is 0 Å². The van der Waals surface area contributed by atoms with E-state index in [0.29, 0.717) is 26.7 Å². The van der Waals surface area contributed by atoms with Crippen molar-refractivity contribution in [1.29, 1.82) is 5.26 Å². The minimum absolute atomic E-state index is 0.0830. The molecule has 1 aromatic heterocycles. The molecule has 2 aliphatic heterocycles. The Morgan fingerprint density at radius 1 is 1.19 bits per heavy atom. The van der Waals surface area contributed by atoms with E-state index in [0.717, 1.165) is 11.3 Å². The molecule has 180 valence electrons. The molecule has 1 atom stereocenters. The van der Waals surface area contributed by atoms with Crippen molar-refractivity contribution in [1.82, 2.24) is 0 Å². The highest BCUT2D eigenvalue weighted by Crippen LogP contribution is 2.58. The fourth-order valence-corrected chi connectivity index (χ4v) is 6.01. The Hall–Kier alpha value is -4.62. The van der Waals surface area contributed by atoms with E-state index in [1.54, 1.807) is 55.5 Å². The van der Waals surface area contributed by atoms with E-state index < -0.39 is 23.2 Å². The highest BCUT2D eigenvalue weighted by Gasteiger charge is 2.61. The van der Waals surface area contributed by atoms with Crippen molar-refractivity contribution < 1.29 is 23.9 Å². The van der Waals surface area contributed by atoms with Crippen molar-refractivity contribution in [2.75, 3.05) is 23.9 Å². The fourth-order valence-electron chi connectivity index (χ4n) is 4.74. The first kappa shape index (κ1) is 23.1. The number of esters is 1. The molecule has 10 heteroatoms. The summed E-state index contributed by atoms with van der Waals surface area (Å²) in [5.74, 6) is -1.80. The third kappa shape index (κ3) is 3.17. The molecular weight excluding hydrogens is 480 g/mol. The van der Waals surface area contributed by atoms with Gasteiger partial charge in [-0.1, -0.05) is 36.4 Å². The molecule has 3 N–H and O–H groups in total. The Morgan fingerprint density at radius 2 is 1.89 bits per heavy atom. The Balaban J connectivity index is 1.68. The highest BCUT2D eigenvalue weighted by molar-refractivity contribution is 7.13. The largest absolute Gasteiger partial charge is 0.465 e. The summed E-state index contributed by atoms with van der Waals surface area (Å²) >= 11 is 1.15. The molecule has 0 radical (unpaired) electrons. The van der Waals surface area contributed by atoms with E-state index in [2.05, 4.69) is 11.4 Å². The van der Waals surface area contributed by atoms with Crippen LogP contribution in [0.25, 0.3) is 0 Å². The average molecular weight is 501 g/mol. The number of hydrogen-bond acceptors (Lipinski definition) is 8. The number of nitrogens with zero attached hydrogens (tertiary/aromatic N) is 2. The summed E-state index contributed by atoms with van der Waals surface area (Å²) in [6.07, 6.45) is 0. The normalized spacial score (nSPS) is 17.8. The van der Waals surface area contributed by atoms with E-state index >= 15 is 0 Å². The van der Waals surface area contributed by atoms with Gasteiger partial charge in [-0.3, -0.25) is 9.59 Å². The SMILES string of the molecule is COC(=O)c1c(C)sc2c1OC(N)=C(C#N)C21C(=O)N(CC(=O)Nc2ccccc2)c2ccccc21. The lowest BCUT2D eigenvalue weighted by atomic mass is 9.72. The molecule has 0 aliphatic carbocycles. The van der Waals surface area contributed by atoms with Crippen LogP contribution in [-0.2, 0) is 19.7 Å². The van der Waals surface area contributed by atoms with E-state index in [1.165, 1.54) is 12.0 Å². The Morgan fingerprint density at radius 3 is 2.58 bits per heavy atom. The maximum atomic E-state index is 14.3. The molecule has 3 aromatic rings. The van der Waals surface area contributed by atoms with Gasteiger partial charge in [0.1, 0.15) is 23.8 Å². The van der Waals surface area contributed by atoms with Crippen molar-refractivity contribution >= 4 is 40.5 Å². The number of ether oxygens (including phenoxy) is 2. The molecule has 0 saturated carbocycles. The van der Waals surface area contributed by atoms with Crippen LogP contribution < -0.4 is 20.7 Å². The van der Waals surface area contributed by atoms with Crippen LogP contribution >= 0.6 is 11.3 Å². The lowest BCUT2D eigenvalue weighted by molar-refractivity contribution is -0.123. The van der Waals surface area contributed by atoms with Gasteiger partial charge in [0.05, 0.1) is 12.0 Å². The second-order valence-corrected chi connectivity index (χ2v) is 9.43. The zero-order valence-corrected chi connectivity index (χ0v) is 20.1. The molecule has 2 aliphatic rings. The Kier molecular flexibility index (Phi) is 5.50. The van der Waals surface area contributed by atoms with E-state index in [-0.39, 0.29) is 29.3 Å². The third-order valence-electron chi connectivity index (χ3n) is 6.24. The fraction of sp³-hybridized carbons (Fsp3) is 0.154. The van der Waals surface area contributed by atoms with Gasteiger partial charge in [0.15, 0.2) is 11.2 Å². The molecule has 2 amide bonds. The van der Waals surface area contributed by atoms with Crippen LogP contribution in [0.5, 0.6) is 5.75 Å². The minimum atomic E-state index is -1.67. The molecule has 0 bridgehead atoms. The first-order chi connectivity index (χ1) is 17.3. The van der Waals surface area contributed by atoms with E-state index in [4.69, 9.17) is 15.2 Å². The molecule has 5 rings (SSSR count). The number of nitriles is 1. The maximum Gasteiger partial charge on any atom is 0.342 e. The molecular formula is C26H20N4O5S. The summed E-state index contributed by atoms with van der Waals surface area (Å²) in [6, 6.07) is 17.8. The summed E-state index contributed by atoms with van der Waals surface area (Å²) in [7, 11) is 1.24. The zero-order chi connectivity index (χ0) is 25.6. The summed E-state index contributed by atoms with van der Waals surface area (Å²) in [5.41, 5.74) is 6.08. The number of methoxy groups -OCH3 is 1. The number of hydrogen-bond donors (Lipinski definition) is 2. The highest BCUT2D eigenvalue weighted by atomic mass is 32.1. The number of thiophene rings is 1. The summed E-state index contributed by atoms with van der Waals surface area (Å²) < 4.78 is 10.7. The maximum absolute atomic E-state index is 14.3. The first-order valence-corrected chi connectivity index (χ1v) is 11.7. The summed E-state index contributed by atoms with van der Waals surface area (Å²) in [6.45, 7) is 1.40. The van der Waals surface area contributed by atoms with Crippen molar-refractivity contribution in [3.8, 4) is 11.8 Å². The second-order valence-electron chi connectivity index (χ2n) is 8.21. The van der Waals surface area contributed by atoms with Gasteiger partial charge in [-0.15, -0.1) is 11.3 Å². The van der Waals surface area contributed by atoms with Gasteiger partial charge >= 0.3 is 5.97 Å². The molecule has 0 saturated heterocycles. The van der Waals surface area contributed by atoms with Crippen LogP contribution in [0.15, 0.2) is 66.1 Å². The number of carbonyl (C=O) groups is 3. The monoisotopic (exact) mass is 500 g/mol. The molecule has 1 spiro atoms. The van der Waals surface area contributed by atoms with Gasteiger partial charge < -0.3 is 25.4 Å². The lowest BCUT2D eigenvalue weighted by Gasteiger charge is -2.32. The number of para-hydroxylation sites is 2. The van der Waals surface area contributed by atoms with E-state index in [9.17, 15) is 19.6 Å². The number of amides is 2. The van der Waals surface area contributed by atoms with Gasteiger partial charge in [-0.05, 0) is 25.1 Å². The van der Waals surface area contributed by atoms with Crippen LogP contribution in [0.3, 0.4) is 0 Å². The number of anilines is 2. The molecule has 2 aromatic carbocycles. The lowest BCUT2D eigenvalue weighted by Crippen LogP contribution is -2.47. The van der Waals surface area contributed by atoms with Crippen molar-refractivity contribution in [3.05, 3.63) is 86.9 Å².